The Hall–Kier alpha value is -3.96. The molecule has 10 nitrogen and oxygen atoms in total. The lowest BCUT2D eigenvalue weighted by molar-refractivity contribution is 0.300. The summed E-state index contributed by atoms with van der Waals surface area (Å²) in [5, 5.41) is 12.6. The monoisotopic (exact) mass is 506 g/mol. The molecule has 186 valence electrons. The summed E-state index contributed by atoms with van der Waals surface area (Å²) in [6.07, 6.45) is 2.51. The molecule has 0 spiro atoms. The van der Waals surface area contributed by atoms with Crippen molar-refractivity contribution in [1.29, 1.82) is 0 Å². The summed E-state index contributed by atoms with van der Waals surface area (Å²) in [5.74, 6) is 1.58. The number of benzene rings is 2. The lowest BCUT2D eigenvalue weighted by atomic mass is 9.92. The number of aromatic nitrogens is 4. The number of H-pyrrole nitrogens is 1. The number of sulfonamides is 1. The second-order valence-corrected chi connectivity index (χ2v) is 10.4. The van der Waals surface area contributed by atoms with Crippen LogP contribution < -0.4 is 20.8 Å². The zero-order chi connectivity index (χ0) is 25.3. The topological polar surface area (TPSA) is 145 Å². The van der Waals surface area contributed by atoms with Crippen molar-refractivity contribution in [2.24, 2.45) is 0 Å². The van der Waals surface area contributed by atoms with Gasteiger partial charge in [-0.1, -0.05) is 24.8 Å². The second kappa shape index (κ2) is 9.59. The Balaban J connectivity index is 1.46. The van der Waals surface area contributed by atoms with E-state index in [1.165, 1.54) is 0 Å². The van der Waals surface area contributed by atoms with Gasteiger partial charge in [0.05, 0.1) is 11.4 Å². The molecular weight excluding hydrogens is 480 g/mol. The molecule has 0 unspecified atom stereocenters. The Kier molecular flexibility index (Phi) is 6.33. The maximum atomic E-state index is 12.8. The molecule has 36 heavy (non-hydrogen) atoms. The lowest BCUT2D eigenvalue weighted by Gasteiger charge is -2.29. The number of rotatable bonds is 7. The van der Waals surface area contributed by atoms with Gasteiger partial charge in [-0.3, -0.25) is 9.48 Å². The first-order valence-corrected chi connectivity index (χ1v) is 13.1. The molecule has 0 aliphatic heterocycles. The van der Waals surface area contributed by atoms with Crippen LogP contribution in [0.2, 0.25) is 0 Å². The first kappa shape index (κ1) is 23.8. The molecule has 1 aliphatic carbocycles. The minimum atomic E-state index is -3.50. The fourth-order valence-corrected chi connectivity index (χ4v) is 5.40. The molecule has 2 aromatic carbocycles. The molecule has 0 bridgehead atoms. The molecule has 0 radical (unpaired) electrons. The average molecular weight is 507 g/mol. The van der Waals surface area contributed by atoms with Crippen molar-refractivity contribution < 1.29 is 13.2 Å². The van der Waals surface area contributed by atoms with Crippen LogP contribution in [0.5, 0.6) is 11.5 Å². The van der Waals surface area contributed by atoms with Crippen LogP contribution in [0.3, 0.4) is 0 Å². The van der Waals surface area contributed by atoms with E-state index in [1.54, 1.807) is 4.68 Å². The lowest BCUT2D eigenvalue weighted by Crippen LogP contribution is -2.37. The summed E-state index contributed by atoms with van der Waals surface area (Å²) in [7, 11) is -3.50. The molecule has 4 aromatic rings. The van der Waals surface area contributed by atoms with Crippen LogP contribution >= 0.6 is 0 Å². The number of fused-ring (bicyclic) bond motifs is 1. The number of nitrogens with zero attached hydrogens (tertiary/aromatic N) is 3. The molecule has 1 saturated carbocycles. The van der Waals surface area contributed by atoms with E-state index in [9.17, 15) is 13.2 Å². The molecule has 1 fully saturated rings. The van der Waals surface area contributed by atoms with Gasteiger partial charge in [-0.2, -0.15) is 10.2 Å². The Morgan fingerprint density at radius 1 is 1.06 bits per heavy atom. The summed E-state index contributed by atoms with van der Waals surface area (Å²) in [6.45, 7) is 3.34. The first-order chi connectivity index (χ1) is 17.3. The smallest absolute Gasteiger partial charge is 0.290 e. The third-order valence-corrected chi connectivity index (χ3v) is 7.46. The Labute approximate surface area is 207 Å². The van der Waals surface area contributed by atoms with E-state index in [-0.39, 0.29) is 23.5 Å². The van der Waals surface area contributed by atoms with Gasteiger partial charge >= 0.3 is 0 Å². The van der Waals surface area contributed by atoms with Gasteiger partial charge in [0, 0.05) is 17.0 Å². The SMILES string of the molecule is C=CS(=O)(=O)NC1CCC(n2nc(-c3ccc(Oc4ccccc4)cc3)c3c(N)n[nH]c(=O)c32)CC1. The number of ether oxygens (including phenoxy) is 1. The first-order valence-electron chi connectivity index (χ1n) is 11.6. The summed E-state index contributed by atoms with van der Waals surface area (Å²) < 4.78 is 33.9. The predicted molar refractivity (Wildman–Crippen MR) is 138 cm³/mol. The van der Waals surface area contributed by atoms with Gasteiger partial charge in [-0.15, -0.1) is 0 Å². The fraction of sp³-hybridized carbons (Fsp3) is 0.240. The highest BCUT2D eigenvalue weighted by Crippen LogP contribution is 2.36. The minimum absolute atomic E-state index is 0.0886. The van der Waals surface area contributed by atoms with Crippen LogP contribution in [0.15, 0.2) is 71.4 Å². The molecule has 0 saturated heterocycles. The van der Waals surface area contributed by atoms with Crippen LogP contribution in [0.4, 0.5) is 5.82 Å². The highest BCUT2D eigenvalue weighted by atomic mass is 32.2. The van der Waals surface area contributed by atoms with Crippen LogP contribution in [0, 0.1) is 0 Å². The third kappa shape index (κ3) is 4.75. The molecular formula is C25H26N6O4S. The standard InChI is InChI=1S/C25H26N6O4S/c1-2-36(33,34)30-17-10-12-18(13-11-17)31-23-21(24(26)27-28-25(23)32)22(29-31)16-8-14-20(15-9-16)35-19-6-4-3-5-7-19/h2-9,14-15,17-18,30H,1,10-13H2,(H2,26,27)(H,28,32). The highest BCUT2D eigenvalue weighted by Gasteiger charge is 2.29. The van der Waals surface area contributed by atoms with E-state index in [4.69, 9.17) is 15.6 Å². The molecule has 0 amide bonds. The Morgan fingerprint density at radius 3 is 2.39 bits per heavy atom. The van der Waals surface area contributed by atoms with Gasteiger partial charge in [0.1, 0.15) is 22.7 Å². The van der Waals surface area contributed by atoms with Crippen molar-refractivity contribution in [3.05, 3.63) is 76.9 Å². The molecule has 1 aliphatic rings. The number of aromatic amines is 1. The second-order valence-electron chi connectivity index (χ2n) is 8.73. The molecule has 0 atom stereocenters. The van der Waals surface area contributed by atoms with Crippen molar-refractivity contribution in [1.82, 2.24) is 24.7 Å². The predicted octanol–water partition coefficient (Wildman–Crippen LogP) is 3.71. The van der Waals surface area contributed by atoms with E-state index in [0.29, 0.717) is 48.0 Å². The maximum absolute atomic E-state index is 12.8. The van der Waals surface area contributed by atoms with Crippen LogP contribution in [0.1, 0.15) is 31.7 Å². The maximum Gasteiger partial charge on any atom is 0.290 e. The zero-order valence-corrected chi connectivity index (χ0v) is 20.2. The molecule has 11 heteroatoms. The summed E-state index contributed by atoms with van der Waals surface area (Å²) in [5.41, 5.74) is 7.51. The number of nitrogen functional groups attached to an aromatic ring is 1. The molecule has 2 aromatic heterocycles. The number of anilines is 1. The van der Waals surface area contributed by atoms with Crippen molar-refractivity contribution in [3.8, 4) is 22.8 Å². The number of hydrogen-bond acceptors (Lipinski definition) is 7. The van der Waals surface area contributed by atoms with E-state index in [0.717, 1.165) is 16.7 Å². The van der Waals surface area contributed by atoms with E-state index in [2.05, 4.69) is 21.5 Å². The quantitative estimate of drug-likeness (QED) is 0.346. The van der Waals surface area contributed by atoms with Crippen molar-refractivity contribution in [2.75, 3.05) is 5.73 Å². The number of nitrogens with one attached hydrogen (secondary N) is 2. The highest BCUT2D eigenvalue weighted by molar-refractivity contribution is 7.92. The van der Waals surface area contributed by atoms with Gasteiger partial charge in [0.15, 0.2) is 5.82 Å². The summed E-state index contributed by atoms with van der Waals surface area (Å²) in [6, 6.07) is 16.6. The third-order valence-electron chi connectivity index (χ3n) is 6.36. The largest absolute Gasteiger partial charge is 0.457 e. The number of para-hydroxylation sites is 1. The van der Waals surface area contributed by atoms with Gasteiger partial charge in [-0.25, -0.2) is 18.2 Å². The van der Waals surface area contributed by atoms with Gasteiger partial charge in [-0.05, 0) is 62.1 Å². The zero-order valence-electron chi connectivity index (χ0n) is 19.4. The fourth-order valence-electron chi connectivity index (χ4n) is 4.60. The summed E-state index contributed by atoms with van der Waals surface area (Å²) >= 11 is 0. The Bertz CT molecular complexity index is 1550. The average Bonchev–Trinajstić information content (AvgIpc) is 3.30. The molecule has 2 heterocycles. The van der Waals surface area contributed by atoms with Crippen molar-refractivity contribution in [2.45, 2.75) is 37.8 Å². The molecule has 4 N–H and O–H groups in total. The van der Waals surface area contributed by atoms with Gasteiger partial charge in [0.2, 0.25) is 10.0 Å². The minimum Gasteiger partial charge on any atom is -0.457 e. The van der Waals surface area contributed by atoms with Gasteiger partial charge < -0.3 is 10.5 Å². The van der Waals surface area contributed by atoms with Crippen molar-refractivity contribution in [3.63, 3.8) is 0 Å². The van der Waals surface area contributed by atoms with E-state index in [1.807, 2.05) is 54.6 Å². The summed E-state index contributed by atoms with van der Waals surface area (Å²) in [4.78, 5) is 12.8. The van der Waals surface area contributed by atoms with Gasteiger partial charge in [0.25, 0.3) is 5.56 Å². The van der Waals surface area contributed by atoms with Crippen LogP contribution in [0.25, 0.3) is 22.2 Å². The van der Waals surface area contributed by atoms with E-state index < -0.39 is 10.0 Å². The number of nitrogens with two attached hydrogens (primary N) is 1. The number of hydrogen-bond donors (Lipinski definition) is 3. The van der Waals surface area contributed by atoms with E-state index >= 15 is 0 Å². The van der Waals surface area contributed by atoms with Crippen LogP contribution in [-0.4, -0.2) is 34.4 Å². The Morgan fingerprint density at radius 2 is 1.72 bits per heavy atom. The van der Waals surface area contributed by atoms with Crippen molar-refractivity contribution >= 4 is 26.7 Å². The normalized spacial score (nSPS) is 18.2. The van der Waals surface area contributed by atoms with Crippen LogP contribution in [-0.2, 0) is 10.0 Å². The molecule has 5 rings (SSSR count).